The van der Waals surface area contributed by atoms with Crippen LogP contribution in [-0.2, 0) is 24.9 Å². The standard InChI is InChI=1S/C16H17N5OS/c1-4-16(22)21(10-15-11(2)8-20(3)17-15)9-12-5-6-13-14(7-12)19-23-18-13/h4-8H,1,9-10H2,2-3H3. The van der Waals surface area contributed by atoms with E-state index in [4.69, 9.17) is 0 Å². The van der Waals surface area contributed by atoms with Crippen LogP contribution in [0.4, 0.5) is 0 Å². The molecule has 0 fully saturated rings. The van der Waals surface area contributed by atoms with Crippen LogP contribution in [0.15, 0.2) is 37.1 Å². The summed E-state index contributed by atoms with van der Waals surface area (Å²) in [5.41, 5.74) is 4.69. The van der Waals surface area contributed by atoms with Crippen molar-refractivity contribution in [1.29, 1.82) is 0 Å². The molecule has 0 radical (unpaired) electrons. The quantitative estimate of drug-likeness (QED) is 0.675. The van der Waals surface area contributed by atoms with Gasteiger partial charge in [0.2, 0.25) is 5.91 Å². The highest BCUT2D eigenvalue weighted by Crippen LogP contribution is 2.17. The predicted octanol–water partition coefficient (Wildman–Crippen LogP) is 2.45. The van der Waals surface area contributed by atoms with Crippen LogP contribution in [0.1, 0.15) is 16.8 Å². The van der Waals surface area contributed by atoms with Crippen molar-refractivity contribution in [3.63, 3.8) is 0 Å². The van der Waals surface area contributed by atoms with E-state index in [0.717, 1.165) is 27.9 Å². The SMILES string of the molecule is C=CC(=O)N(Cc1ccc2nsnc2c1)Cc1nn(C)cc1C. The largest absolute Gasteiger partial charge is 0.329 e. The van der Waals surface area contributed by atoms with E-state index in [2.05, 4.69) is 20.4 Å². The molecule has 1 amide bonds. The summed E-state index contributed by atoms with van der Waals surface area (Å²) in [6.07, 6.45) is 3.28. The molecule has 0 N–H and O–H groups in total. The van der Waals surface area contributed by atoms with Gasteiger partial charge in [-0.1, -0.05) is 12.6 Å². The zero-order valence-corrected chi connectivity index (χ0v) is 13.9. The molecule has 0 unspecified atom stereocenters. The fraction of sp³-hybridized carbons (Fsp3) is 0.250. The van der Waals surface area contributed by atoms with Crippen LogP contribution in [0.25, 0.3) is 11.0 Å². The molecular weight excluding hydrogens is 310 g/mol. The van der Waals surface area contributed by atoms with Crippen LogP contribution in [0.3, 0.4) is 0 Å². The van der Waals surface area contributed by atoms with Gasteiger partial charge in [-0.25, -0.2) is 0 Å². The summed E-state index contributed by atoms with van der Waals surface area (Å²) in [6.45, 7) is 6.52. The Morgan fingerprint density at radius 3 is 2.83 bits per heavy atom. The van der Waals surface area contributed by atoms with Crippen molar-refractivity contribution >= 4 is 28.7 Å². The van der Waals surface area contributed by atoms with Crippen molar-refractivity contribution < 1.29 is 4.79 Å². The molecular formula is C16H17N5OS. The van der Waals surface area contributed by atoms with E-state index in [1.165, 1.54) is 17.8 Å². The molecule has 0 aliphatic rings. The zero-order chi connectivity index (χ0) is 16.4. The van der Waals surface area contributed by atoms with Crippen molar-refractivity contribution in [1.82, 2.24) is 23.4 Å². The van der Waals surface area contributed by atoms with E-state index < -0.39 is 0 Å². The van der Waals surface area contributed by atoms with Gasteiger partial charge in [0.1, 0.15) is 11.0 Å². The molecule has 7 heteroatoms. The first-order chi connectivity index (χ1) is 11.1. The summed E-state index contributed by atoms with van der Waals surface area (Å²) in [5, 5.41) is 4.42. The molecule has 3 aromatic rings. The maximum absolute atomic E-state index is 12.2. The van der Waals surface area contributed by atoms with Gasteiger partial charge in [0.05, 0.1) is 24.0 Å². The molecule has 0 aliphatic carbocycles. The second-order valence-corrected chi connectivity index (χ2v) is 5.95. The molecule has 2 heterocycles. The fourth-order valence-electron chi connectivity index (χ4n) is 2.48. The van der Waals surface area contributed by atoms with Crippen LogP contribution < -0.4 is 0 Å². The van der Waals surface area contributed by atoms with Crippen molar-refractivity contribution in [3.8, 4) is 0 Å². The number of carbonyl (C=O) groups is 1. The first kappa shape index (κ1) is 15.4. The number of rotatable bonds is 5. The smallest absolute Gasteiger partial charge is 0.246 e. The average Bonchev–Trinajstić information content (AvgIpc) is 3.11. The molecule has 6 nitrogen and oxygen atoms in total. The van der Waals surface area contributed by atoms with Gasteiger partial charge >= 0.3 is 0 Å². The molecule has 0 saturated heterocycles. The van der Waals surface area contributed by atoms with Crippen molar-refractivity contribution in [2.45, 2.75) is 20.0 Å². The highest BCUT2D eigenvalue weighted by atomic mass is 32.1. The van der Waals surface area contributed by atoms with Gasteiger partial charge in [-0.05, 0) is 36.3 Å². The maximum atomic E-state index is 12.2. The topological polar surface area (TPSA) is 63.9 Å². The Morgan fingerprint density at radius 2 is 2.13 bits per heavy atom. The Labute approximate surface area is 138 Å². The van der Waals surface area contributed by atoms with E-state index in [1.54, 1.807) is 9.58 Å². The third kappa shape index (κ3) is 3.29. The number of fused-ring (bicyclic) bond motifs is 1. The predicted molar refractivity (Wildman–Crippen MR) is 89.8 cm³/mol. The minimum absolute atomic E-state index is 0.119. The Bertz CT molecular complexity index is 866. The highest BCUT2D eigenvalue weighted by Gasteiger charge is 2.15. The fourth-order valence-corrected chi connectivity index (χ4v) is 2.99. The number of nitrogens with zero attached hydrogens (tertiary/aromatic N) is 5. The Hall–Kier alpha value is -2.54. The maximum Gasteiger partial charge on any atom is 0.246 e. The first-order valence-electron chi connectivity index (χ1n) is 7.18. The van der Waals surface area contributed by atoms with Crippen molar-refractivity contribution in [2.75, 3.05) is 0 Å². The van der Waals surface area contributed by atoms with E-state index in [1.807, 2.05) is 38.4 Å². The lowest BCUT2D eigenvalue weighted by atomic mass is 10.1. The molecule has 0 atom stereocenters. The molecule has 1 aromatic carbocycles. The Balaban J connectivity index is 1.85. The van der Waals surface area contributed by atoms with Crippen molar-refractivity contribution in [2.24, 2.45) is 7.05 Å². The number of benzene rings is 1. The number of amides is 1. The van der Waals surface area contributed by atoms with Gasteiger partial charge in [0.25, 0.3) is 0 Å². The molecule has 3 rings (SSSR count). The average molecular weight is 327 g/mol. The lowest BCUT2D eigenvalue weighted by Crippen LogP contribution is -2.28. The third-order valence-electron chi connectivity index (χ3n) is 3.63. The Morgan fingerprint density at radius 1 is 1.35 bits per heavy atom. The van der Waals surface area contributed by atoms with Gasteiger partial charge in [-0.2, -0.15) is 13.8 Å². The molecule has 2 aromatic heterocycles. The number of aryl methyl sites for hydroxylation is 2. The molecule has 0 aliphatic heterocycles. The number of hydrogen-bond acceptors (Lipinski definition) is 5. The second kappa shape index (κ2) is 6.29. The molecule has 23 heavy (non-hydrogen) atoms. The summed E-state index contributed by atoms with van der Waals surface area (Å²) in [4.78, 5) is 13.9. The summed E-state index contributed by atoms with van der Waals surface area (Å²) in [5.74, 6) is -0.119. The minimum atomic E-state index is -0.119. The van der Waals surface area contributed by atoms with Gasteiger partial charge in [0.15, 0.2) is 0 Å². The van der Waals surface area contributed by atoms with Crippen molar-refractivity contribution in [3.05, 3.63) is 53.9 Å². The summed E-state index contributed by atoms with van der Waals surface area (Å²) < 4.78 is 10.2. The molecule has 118 valence electrons. The lowest BCUT2D eigenvalue weighted by Gasteiger charge is -2.20. The summed E-state index contributed by atoms with van der Waals surface area (Å²) >= 11 is 1.19. The summed E-state index contributed by atoms with van der Waals surface area (Å²) in [6, 6.07) is 5.86. The molecule has 0 bridgehead atoms. The zero-order valence-electron chi connectivity index (χ0n) is 13.1. The van der Waals surface area contributed by atoms with E-state index in [0.29, 0.717) is 13.1 Å². The van der Waals surface area contributed by atoms with Crippen LogP contribution >= 0.6 is 11.7 Å². The lowest BCUT2D eigenvalue weighted by molar-refractivity contribution is -0.127. The van der Waals surface area contributed by atoms with E-state index in [-0.39, 0.29) is 5.91 Å². The van der Waals surface area contributed by atoms with Gasteiger partial charge in [0, 0.05) is 19.8 Å². The third-order valence-corrected chi connectivity index (χ3v) is 4.19. The second-order valence-electron chi connectivity index (χ2n) is 5.42. The van der Waals surface area contributed by atoms with E-state index in [9.17, 15) is 4.79 Å². The Kier molecular flexibility index (Phi) is 4.20. The van der Waals surface area contributed by atoms with Crippen LogP contribution in [0.5, 0.6) is 0 Å². The van der Waals surface area contributed by atoms with Gasteiger partial charge in [-0.3, -0.25) is 9.48 Å². The van der Waals surface area contributed by atoms with Crippen LogP contribution in [0.2, 0.25) is 0 Å². The normalized spacial score (nSPS) is 10.9. The van der Waals surface area contributed by atoms with Crippen LogP contribution in [0, 0.1) is 6.92 Å². The molecule has 0 spiro atoms. The van der Waals surface area contributed by atoms with Crippen LogP contribution in [-0.4, -0.2) is 29.3 Å². The van der Waals surface area contributed by atoms with E-state index >= 15 is 0 Å². The number of carbonyl (C=O) groups excluding carboxylic acids is 1. The van der Waals surface area contributed by atoms with Gasteiger partial charge < -0.3 is 4.90 Å². The molecule has 0 saturated carbocycles. The highest BCUT2D eigenvalue weighted by molar-refractivity contribution is 7.00. The number of aromatic nitrogens is 4. The summed E-state index contributed by atoms with van der Waals surface area (Å²) in [7, 11) is 1.87. The van der Waals surface area contributed by atoms with Gasteiger partial charge in [-0.15, -0.1) is 0 Å². The number of hydrogen-bond donors (Lipinski definition) is 0. The minimum Gasteiger partial charge on any atom is -0.329 e. The first-order valence-corrected chi connectivity index (χ1v) is 7.91. The monoisotopic (exact) mass is 327 g/mol.